The number of rotatable bonds is 8. The third-order valence-electron chi connectivity index (χ3n) is 3.54. The molecule has 0 spiro atoms. The first-order valence-corrected chi connectivity index (χ1v) is 7.47. The zero-order chi connectivity index (χ0) is 15.1. The normalized spacial score (nSPS) is 12.4. The molecule has 0 radical (unpaired) electrons. The third kappa shape index (κ3) is 4.07. The molecule has 0 bridgehead atoms. The van der Waals surface area contributed by atoms with Crippen molar-refractivity contribution in [2.45, 2.75) is 60.0 Å². The molecule has 1 aromatic heterocycles. The van der Waals surface area contributed by atoms with Crippen LogP contribution in [0.5, 0.6) is 0 Å². The molecule has 0 aliphatic heterocycles. The molecule has 0 saturated heterocycles. The van der Waals surface area contributed by atoms with Gasteiger partial charge in [-0.25, -0.2) is 0 Å². The van der Waals surface area contributed by atoms with Gasteiger partial charge in [-0.05, 0) is 45.7 Å². The Labute approximate surface area is 121 Å². The molecule has 0 fully saturated rings. The average Bonchev–Trinajstić information content (AvgIpc) is 2.69. The van der Waals surface area contributed by atoms with Crippen molar-refractivity contribution < 1.29 is 9.53 Å². The fourth-order valence-electron chi connectivity index (χ4n) is 2.51. The number of hydrogen-bond donors (Lipinski definition) is 1. The molecule has 0 amide bonds. The highest BCUT2D eigenvalue weighted by atomic mass is 16.5. The van der Waals surface area contributed by atoms with Gasteiger partial charge in [0.15, 0.2) is 0 Å². The number of carbonyl (C=O) groups excluding carboxylic acids is 1. The molecule has 1 atom stereocenters. The monoisotopic (exact) mass is 281 g/mol. The van der Waals surface area contributed by atoms with Gasteiger partial charge >= 0.3 is 5.97 Å². The minimum absolute atomic E-state index is 0.174. The Bertz CT molecular complexity index is 441. The van der Waals surface area contributed by atoms with Crippen LogP contribution in [0.25, 0.3) is 0 Å². The van der Waals surface area contributed by atoms with E-state index in [1.165, 1.54) is 11.3 Å². The molecular formula is C15H27N3O2. The summed E-state index contributed by atoms with van der Waals surface area (Å²) >= 11 is 0. The van der Waals surface area contributed by atoms with Crippen LogP contribution in [0.15, 0.2) is 0 Å². The zero-order valence-corrected chi connectivity index (χ0v) is 13.3. The highest BCUT2D eigenvalue weighted by Crippen LogP contribution is 2.14. The van der Waals surface area contributed by atoms with Crippen LogP contribution >= 0.6 is 0 Å². The largest absolute Gasteiger partial charge is 0.465 e. The third-order valence-corrected chi connectivity index (χ3v) is 3.54. The van der Waals surface area contributed by atoms with Gasteiger partial charge in [0.1, 0.15) is 6.04 Å². The topological polar surface area (TPSA) is 56.2 Å². The summed E-state index contributed by atoms with van der Waals surface area (Å²) in [5.74, 6) is -0.174. The minimum atomic E-state index is -0.256. The molecule has 0 aliphatic rings. The van der Waals surface area contributed by atoms with E-state index in [2.05, 4.69) is 24.3 Å². The minimum Gasteiger partial charge on any atom is -0.465 e. The molecule has 0 saturated carbocycles. The van der Waals surface area contributed by atoms with Gasteiger partial charge in [0.2, 0.25) is 0 Å². The van der Waals surface area contributed by atoms with Gasteiger partial charge in [-0.3, -0.25) is 9.48 Å². The van der Waals surface area contributed by atoms with Crippen LogP contribution in [0.3, 0.4) is 0 Å². The summed E-state index contributed by atoms with van der Waals surface area (Å²) in [6.45, 7) is 12.0. The number of ether oxygens (including phenoxy) is 1. The van der Waals surface area contributed by atoms with Gasteiger partial charge < -0.3 is 10.1 Å². The van der Waals surface area contributed by atoms with Crippen molar-refractivity contribution in [3.8, 4) is 0 Å². The fraction of sp³-hybridized carbons (Fsp3) is 0.733. The molecule has 1 aromatic rings. The van der Waals surface area contributed by atoms with Gasteiger partial charge in [0.05, 0.1) is 12.3 Å². The molecule has 0 aliphatic carbocycles. The highest BCUT2D eigenvalue weighted by molar-refractivity contribution is 5.75. The number of aromatic nitrogens is 2. The smallest absolute Gasteiger partial charge is 0.323 e. The van der Waals surface area contributed by atoms with Crippen molar-refractivity contribution in [1.29, 1.82) is 0 Å². The van der Waals surface area contributed by atoms with E-state index >= 15 is 0 Å². The molecule has 5 heteroatoms. The molecule has 20 heavy (non-hydrogen) atoms. The molecular weight excluding hydrogens is 254 g/mol. The Hall–Kier alpha value is -1.36. The van der Waals surface area contributed by atoms with Crippen LogP contribution in [-0.2, 0) is 22.5 Å². The van der Waals surface area contributed by atoms with Crippen LogP contribution in [0.1, 0.15) is 44.1 Å². The summed E-state index contributed by atoms with van der Waals surface area (Å²) in [6.07, 6.45) is 1.68. The maximum absolute atomic E-state index is 11.9. The zero-order valence-electron chi connectivity index (χ0n) is 13.3. The Morgan fingerprint density at radius 2 is 2.05 bits per heavy atom. The van der Waals surface area contributed by atoms with Crippen molar-refractivity contribution in [3.05, 3.63) is 17.0 Å². The summed E-state index contributed by atoms with van der Waals surface area (Å²) in [4.78, 5) is 11.9. The van der Waals surface area contributed by atoms with Crippen molar-refractivity contribution in [2.24, 2.45) is 0 Å². The summed E-state index contributed by atoms with van der Waals surface area (Å²) in [5, 5.41) is 7.73. The van der Waals surface area contributed by atoms with E-state index in [1.54, 1.807) is 0 Å². The number of carbonyl (C=O) groups is 1. The number of aryl methyl sites for hydroxylation is 2. The number of likely N-dealkylation sites (N-methyl/N-ethyl adjacent to an activating group) is 1. The average molecular weight is 281 g/mol. The van der Waals surface area contributed by atoms with E-state index in [4.69, 9.17) is 4.74 Å². The predicted molar refractivity (Wildman–Crippen MR) is 79.8 cm³/mol. The molecule has 1 unspecified atom stereocenters. The molecule has 1 N–H and O–H groups in total. The quantitative estimate of drug-likeness (QED) is 0.740. The van der Waals surface area contributed by atoms with Crippen LogP contribution in [-0.4, -0.2) is 34.9 Å². The number of nitrogens with one attached hydrogen (secondary N) is 1. The second kappa shape index (κ2) is 8.04. The predicted octanol–water partition coefficient (Wildman–Crippen LogP) is 1.99. The van der Waals surface area contributed by atoms with Gasteiger partial charge in [0, 0.05) is 12.2 Å². The van der Waals surface area contributed by atoms with E-state index < -0.39 is 0 Å². The van der Waals surface area contributed by atoms with Gasteiger partial charge in [-0.15, -0.1) is 0 Å². The van der Waals surface area contributed by atoms with Gasteiger partial charge in [0.25, 0.3) is 0 Å². The molecule has 1 heterocycles. The van der Waals surface area contributed by atoms with Crippen molar-refractivity contribution in [2.75, 3.05) is 13.2 Å². The van der Waals surface area contributed by atoms with Crippen LogP contribution in [0.2, 0.25) is 0 Å². The SMILES string of the molecule is CCNC(CCn1nc(C)c(CC)c1C)C(=O)OCC. The van der Waals surface area contributed by atoms with E-state index in [0.717, 1.165) is 25.2 Å². The highest BCUT2D eigenvalue weighted by Gasteiger charge is 2.19. The number of esters is 1. The maximum Gasteiger partial charge on any atom is 0.323 e. The van der Waals surface area contributed by atoms with Gasteiger partial charge in [-0.1, -0.05) is 13.8 Å². The van der Waals surface area contributed by atoms with Crippen LogP contribution < -0.4 is 5.32 Å². The Balaban J connectivity index is 2.70. The molecule has 1 rings (SSSR count). The first-order chi connectivity index (χ1) is 9.54. The van der Waals surface area contributed by atoms with E-state index in [-0.39, 0.29) is 12.0 Å². The van der Waals surface area contributed by atoms with E-state index in [1.807, 2.05) is 25.5 Å². The second-order valence-electron chi connectivity index (χ2n) is 4.88. The van der Waals surface area contributed by atoms with Crippen molar-refractivity contribution in [1.82, 2.24) is 15.1 Å². The maximum atomic E-state index is 11.9. The molecule has 0 aromatic carbocycles. The van der Waals surface area contributed by atoms with Crippen molar-refractivity contribution in [3.63, 3.8) is 0 Å². The van der Waals surface area contributed by atoms with E-state index in [0.29, 0.717) is 13.0 Å². The first-order valence-electron chi connectivity index (χ1n) is 7.47. The number of nitrogens with zero attached hydrogens (tertiary/aromatic N) is 2. The second-order valence-corrected chi connectivity index (χ2v) is 4.88. The Morgan fingerprint density at radius 1 is 1.35 bits per heavy atom. The van der Waals surface area contributed by atoms with Gasteiger partial charge in [-0.2, -0.15) is 5.10 Å². The van der Waals surface area contributed by atoms with E-state index in [9.17, 15) is 4.79 Å². The summed E-state index contributed by atoms with van der Waals surface area (Å²) in [5.41, 5.74) is 3.59. The molecule has 114 valence electrons. The summed E-state index contributed by atoms with van der Waals surface area (Å²) < 4.78 is 7.09. The lowest BCUT2D eigenvalue weighted by Gasteiger charge is -2.16. The fourth-order valence-corrected chi connectivity index (χ4v) is 2.51. The Kier molecular flexibility index (Phi) is 6.71. The summed E-state index contributed by atoms with van der Waals surface area (Å²) in [6, 6.07) is -0.256. The van der Waals surface area contributed by atoms with Crippen LogP contribution in [0.4, 0.5) is 0 Å². The Morgan fingerprint density at radius 3 is 2.55 bits per heavy atom. The van der Waals surface area contributed by atoms with Crippen LogP contribution in [0, 0.1) is 13.8 Å². The summed E-state index contributed by atoms with van der Waals surface area (Å²) in [7, 11) is 0. The lowest BCUT2D eigenvalue weighted by Crippen LogP contribution is -2.39. The number of hydrogen-bond acceptors (Lipinski definition) is 4. The molecule has 5 nitrogen and oxygen atoms in total. The first kappa shape index (κ1) is 16.7. The van der Waals surface area contributed by atoms with Crippen molar-refractivity contribution >= 4 is 5.97 Å². The standard InChI is InChI=1S/C15H27N3O2/c1-6-13-11(4)17-18(12(13)5)10-9-14(16-7-2)15(19)20-8-3/h14,16H,6-10H2,1-5H3. The lowest BCUT2D eigenvalue weighted by molar-refractivity contribution is -0.145. The lowest BCUT2D eigenvalue weighted by atomic mass is 10.1.